The normalized spacial score (nSPS) is 14.3. The molecule has 0 spiro atoms. The number of esters is 1. The van der Waals surface area contributed by atoms with E-state index in [1.165, 1.54) is 0 Å². The number of aryl methyl sites for hydroxylation is 1. The number of carbonyl (C=O) groups is 1. The van der Waals surface area contributed by atoms with Gasteiger partial charge >= 0.3 is 5.97 Å². The van der Waals surface area contributed by atoms with Crippen molar-refractivity contribution in [2.75, 3.05) is 0 Å². The van der Waals surface area contributed by atoms with Crippen LogP contribution >= 0.6 is 0 Å². The van der Waals surface area contributed by atoms with Gasteiger partial charge in [0.15, 0.2) is 0 Å². The van der Waals surface area contributed by atoms with Gasteiger partial charge in [-0.25, -0.2) is 4.79 Å². The van der Waals surface area contributed by atoms with Crippen molar-refractivity contribution in [3.63, 3.8) is 0 Å². The van der Waals surface area contributed by atoms with E-state index >= 15 is 0 Å². The molecular weight excluding hydrogens is 204 g/mol. The highest BCUT2D eigenvalue weighted by Gasteiger charge is 2.17. The fourth-order valence-corrected chi connectivity index (χ4v) is 1.30. The number of carbonyl (C=O) groups excluding carboxylic acids is 1. The lowest BCUT2D eigenvalue weighted by molar-refractivity contribution is -0.00476. The molecular formula is C13H18O3. The molecule has 16 heavy (non-hydrogen) atoms. The average molecular weight is 222 g/mol. The minimum absolute atomic E-state index is 0.380. The molecule has 3 nitrogen and oxygen atoms in total. The van der Waals surface area contributed by atoms with Crippen molar-refractivity contribution < 1.29 is 14.6 Å². The highest BCUT2D eigenvalue weighted by atomic mass is 16.6. The summed E-state index contributed by atoms with van der Waals surface area (Å²) in [5.74, 6) is -0.380. The van der Waals surface area contributed by atoms with Crippen molar-refractivity contribution in [1.29, 1.82) is 0 Å². The Morgan fingerprint density at radius 1 is 1.31 bits per heavy atom. The third-order valence-electron chi connectivity index (χ3n) is 2.80. The first-order valence-electron chi connectivity index (χ1n) is 5.38. The van der Waals surface area contributed by atoms with Gasteiger partial charge in [-0.05, 0) is 44.9 Å². The summed E-state index contributed by atoms with van der Waals surface area (Å²) in [5, 5.41) is 9.26. The Kier molecular flexibility index (Phi) is 4.07. The molecule has 0 saturated carbocycles. The van der Waals surface area contributed by atoms with Gasteiger partial charge in [0.25, 0.3) is 0 Å². The average Bonchev–Trinajstić information content (AvgIpc) is 2.21. The number of hydrogen-bond acceptors (Lipinski definition) is 3. The number of ether oxygens (including phenoxy) is 1. The summed E-state index contributed by atoms with van der Waals surface area (Å²) in [6, 6.07) is 5.51. The Hall–Kier alpha value is -1.35. The Labute approximate surface area is 96.1 Å². The van der Waals surface area contributed by atoms with Crippen LogP contribution in [0.2, 0.25) is 0 Å². The molecule has 3 heteroatoms. The largest absolute Gasteiger partial charge is 0.456 e. The highest BCUT2D eigenvalue weighted by molar-refractivity contribution is 5.91. The van der Waals surface area contributed by atoms with Crippen molar-refractivity contribution in [3.05, 3.63) is 34.9 Å². The maximum atomic E-state index is 11.8. The van der Waals surface area contributed by atoms with Crippen molar-refractivity contribution in [2.45, 2.75) is 39.9 Å². The second-order valence-electron chi connectivity index (χ2n) is 4.10. The van der Waals surface area contributed by atoms with Gasteiger partial charge in [0.2, 0.25) is 0 Å². The summed E-state index contributed by atoms with van der Waals surface area (Å²) >= 11 is 0. The first kappa shape index (κ1) is 12.7. The Morgan fingerprint density at radius 3 is 2.50 bits per heavy atom. The fraction of sp³-hybridized carbons (Fsp3) is 0.462. The van der Waals surface area contributed by atoms with E-state index in [2.05, 4.69) is 0 Å². The number of aliphatic hydroxyl groups excluding tert-OH is 1. The van der Waals surface area contributed by atoms with E-state index in [1.54, 1.807) is 19.9 Å². The topological polar surface area (TPSA) is 46.5 Å². The van der Waals surface area contributed by atoms with E-state index in [1.807, 2.05) is 26.0 Å². The molecule has 0 radical (unpaired) electrons. The summed E-state index contributed by atoms with van der Waals surface area (Å²) in [5.41, 5.74) is 2.54. The van der Waals surface area contributed by atoms with Crippen LogP contribution < -0.4 is 0 Å². The predicted molar refractivity (Wildman–Crippen MR) is 62.5 cm³/mol. The summed E-state index contributed by atoms with van der Waals surface area (Å²) < 4.78 is 5.14. The van der Waals surface area contributed by atoms with Crippen molar-refractivity contribution in [1.82, 2.24) is 0 Å². The first-order chi connectivity index (χ1) is 7.43. The SMILES string of the molecule is Cc1cccc(C(=O)OC(C)C(C)O)c1C. The maximum absolute atomic E-state index is 11.8. The molecule has 0 heterocycles. The van der Waals surface area contributed by atoms with E-state index in [-0.39, 0.29) is 5.97 Å². The van der Waals surface area contributed by atoms with Crippen molar-refractivity contribution in [3.8, 4) is 0 Å². The minimum Gasteiger partial charge on any atom is -0.456 e. The van der Waals surface area contributed by atoms with E-state index in [0.717, 1.165) is 11.1 Å². The third kappa shape index (κ3) is 2.83. The summed E-state index contributed by atoms with van der Waals surface area (Å²) in [6.07, 6.45) is -1.15. The molecule has 1 rings (SSSR count). The molecule has 1 aromatic carbocycles. The van der Waals surface area contributed by atoms with Gasteiger partial charge in [0, 0.05) is 0 Å². The van der Waals surface area contributed by atoms with E-state index in [4.69, 9.17) is 4.74 Å². The summed E-state index contributed by atoms with van der Waals surface area (Å²) in [4.78, 5) is 11.8. The van der Waals surface area contributed by atoms with Crippen LogP contribution in [-0.2, 0) is 4.74 Å². The van der Waals surface area contributed by atoms with Crippen LogP contribution in [0, 0.1) is 13.8 Å². The minimum atomic E-state index is -0.658. The number of aliphatic hydroxyl groups is 1. The molecule has 1 N–H and O–H groups in total. The van der Waals surface area contributed by atoms with Crippen LogP contribution in [-0.4, -0.2) is 23.3 Å². The molecule has 2 unspecified atom stereocenters. The fourth-order valence-electron chi connectivity index (χ4n) is 1.30. The Morgan fingerprint density at radius 2 is 1.94 bits per heavy atom. The van der Waals surface area contributed by atoms with Gasteiger partial charge < -0.3 is 9.84 Å². The Bertz CT molecular complexity index is 383. The molecule has 0 bridgehead atoms. The lowest BCUT2D eigenvalue weighted by Crippen LogP contribution is -2.26. The molecule has 2 atom stereocenters. The molecule has 0 aliphatic heterocycles. The zero-order chi connectivity index (χ0) is 12.3. The van der Waals surface area contributed by atoms with Gasteiger partial charge in [-0.2, -0.15) is 0 Å². The van der Waals surface area contributed by atoms with Gasteiger partial charge in [-0.1, -0.05) is 12.1 Å². The van der Waals surface area contributed by atoms with Crippen LogP contribution in [0.15, 0.2) is 18.2 Å². The molecule has 88 valence electrons. The van der Waals surface area contributed by atoms with E-state index in [9.17, 15) is 9.90 Å². The predicted octanol–water partition coefficient (Wildman–Crippen LogP) is 2.23. The standard InChI is InChI=1S/C13H18O3/c1-8-6-5-7-12(9(8)2)13(15)16-11(4)10(3)14/h5-7,10-11,14H,1-4H3. The molecule has 1 aromatic rings. The van der Waals surface area contributed by atoms with Crippen LogP contribution in [0.3, 0.4) is 0 Å². The molecule has 0 aromatic heterocycles. The second-order valence-corrected chi connectivity index (χ2v) is 4.10. The lowest BCUT2D eigenvalue weighted by Gasteiger charge is -2.16. The first-order valence-corrected chi connectivity index (χ1v) is 5.38. The van der Waals surface area contributed by atoms with Crippen molar-refractivity contribution >= 4 is 5.97 Å². The van der Waals surface area contributed by atoms with Crippen LogP contribution in [0.1, 0.15) is 35.3 Å². The Balaban J connectivity index is 2.85. The van der Waals surface area contributed by atoms with Crippen molar-refractivity contribution in [2.24, 2.45) is 0 Å². The number of rotatable bonds is 3. The summed E-state index contributed by atoms with van der Waals surface area (Å²) in [6.45, 7) is 7.11. The van der Waals surface area contributed by atoms with Crippen LogP contribution in [0.5, 0.6) is 0 Å². The zero-order valence-electron chi connectivity index (χ0n) is 10.2. The molecule has 0 amide bonds. The molecule has 0 saturated heterocycles. The molecule has 0 aliphatic rings. The van der Waals surface area contributed by atoms with Gasteiger partial charge in [0.1, 0.15) is 6.10 Å². The lowest BCUT2D eigenvalue weighted by atomic mass is 10.0. The summed E-state index contributed by atoms with van der Waals surface area (Å²) in [7, 11) is 0. The molecule has 0 fully saturated rings. The quantitative estimate of drug-likeness (QED) is 0.798. The monoisotopic (exact) mass is 222 g/mol. The van der Waals surface area contributed by atoms with Gasteiger partial charge in [0.05, 0.1) is 11.7 Å². The van der Waals surface area contributed by atoms with E-state index < -0.39 is 12.2 Å². The van der Waals surface area contributed by atoms with Gasteiger partial charge in [-0.3, -0.25) is 0 Å². The smallest absolute Gasteiger partial charge is 0.338 e. The second kappa shape index (κ2) is 5.12. The van der Waals surface area contributed by atoms with Crippen LogP contribution in [0.25, 0.3) is 0 Å². The zero-order valence-corrected chi connectivity index (χ0v) is 10.2. The number of benzene rings is 1. The van der Waals surface area contributed by atoms with Crippen LogP contribution in [0.4, 0.5) is 0 Å². The van der Waals surface area contributed by atoms with Gasteiger partial charge in [-0.15, -0.1) is 0 Å². The maximum Gasteiger partial charge on any atom is 0.338 e. The molecule has 0 aliphatic carbocycles. The third-order valence-corrected chi connectivity index (χ3v) is 2.80. The number of hydrogen-bond donors (Lipinski definition) is 1. The highest BCUT2D eigenvalue weighted by Crippen LogP contribution is 2.15. The van der Waals surface area contributed by atoms with E-state index in [0.29, 0.717) is 5.56 Å².